The van der Waals surface area contributed by atoms with Gasteiger partial charge in [0.1, 0.15) is 17.6 Å². The van der Waals surface area contributed by atoms with Gasteiger partial charge in [-0.25, -0.2) is 15.1 Å². The largest absolute Gasteiger partial charge is 0.431 e. The number of imidazole rings is 1. The van der Waals surface area contributed by atoms with Crippen LogP contribution < -0.4 is 15.3 Å². The molecule has 0 amide bonds. The molecule has 0 spiro atoms. The highest BCUT2D eigenvalue weighted by Crippen LogP contribution is 2.44. The van der Waals surface area contributed by atoms with Gasteiger partial charge in [-0.05, 0) is 38.5 Å². The van der Waals surface area contributed by atoms with Crippen LogP contribution in [0.15, 0.2) is 48.9 Å². The average Bonchev–Trinajstić information content (AvgIpc) is 3.47. The fourth-order valence-electron chi connectivity index (χ4n) is 3.73. The molecular weight excluding hydrogens is 457 g/mol. The summed E-state index contributed by atoms with van der Waals surface area (Å²) in [4.78, 5) is 8.69. The Morgan fingerprint density at radius 2 is 2.06 bits per heavy atom. The van der Waals surface area contributed by atoms with Gasteiger partial charge in [0.05, 0.1) is 43.4 Å². The van der Waals surface area contributed by atoms with Gasteiger partial charge >= 0.3 is 7.52 Å². The zero-order valence-electron chi connectivity index (χ0n) is 19.7. The first-order valence-corrected chi connectivity index (χ1v) is 13.2. The smallest absolute Gasteiger partial charge is 0.342 e. The minimum absolute atomic E-state index is 0.0348. The van der Waals surface area contributed by atoms with E-state index in [-0.39, 0.29) is 24.6 Å². The molecule has 3 aromatic rings. The molecule has 184 valence electrons. The molecule has 0 aliphatic carbocycles. The standard InChI is InChI=1S/C23H32N5O5P/c1-4-18-13-30-23(32-18)17(3)27-34(29,33-19-8-6-5-7-9-19)15-31-16(2)12-28-14-26-21-20(24)10-11-25-22(21)28/h5-11,14,16-18,23H,4,12-13,15H2,1-3H3,(H2,24,25)(H,27,29)/t16-,17+,18-,23?,34?/m1/s1. The van der Waals surface area contributed by atoms with Gasteiger partial charge in [0.2, 0.25) is 0 Å². The SMILES string of the molecule is CC[C@@H]1COC([C@H](C)NP(=O)(CO[C@H](C)Cn2cnc3c(N)ccnc32)Oc2ccccc2)O1. The average molecular weight is 490 g/mol. The molecule has 1 aliphatic heterocycles. The second-order valence-electron chi connectivity index (χ2n) is 8.44. The number of hydrogen-bond donors (Lipinski definition) is 2. The maximum atomic E-state index is 13.8. The maximum absolute atomic E-state index is 13.8. The third-order valence-electron chi connectivity index (χ3n) is 5.55. The number of ether oxygens (including phenoxy) is 3. The summed E-state index contributed by atoms with van der Waals surface area (Å²) in [5.74, 6) is 0.488. The van der Waals surface area contributed by atoms with Crippen LogP contribution in [-0.2, 0) is 25.3 Å². The highest BCUT2D eigenvalue weighted by molar-refractivity contribution is 7.57. The van der Waals surface area contributed by atoms with Crippen molar-refractivity contribution < 1.29 is 23.3 Å². The Bertz CT molecular complexity index is 1130. The first-order valence-electron chi connectivity index (χ1n) is 11.4. The van der Waals surface area contributed by atoms with E-state index < -0.39 is 13.8 Å². The third-order valence-corrected chi connectivity index (χ3v) is 7.35. The molecule has 4 rings (SSSR count). The van der Waals surface area contributed by atoms with Crippen molar-refractivity contribution in [3.8, 4) is 5.75 Å². The van der Waals surface area contributed by atoms with E-state index in [1.807, 2.05) is 43.5 Å². The molecule has 1 fully saturated rings. The van der Waals surface area contributed by atoms with Gasteiger partial charge in [-0.2, -0.15) is 0 Å². The summed E-state index contributed by atoms with van der Waals surface area (Å²) in [5.41, 5.74) is 7.86. The van der Waals surface area contributed by atoms with E-state index in [1.54, 1.807) is 30.7 Å². The minimum atomic E-state index is -3.47. The van der Waals surface area contributed by atoms with Gasteiger partial charge in [-0.1, -0.05) is 25.1 Å². The van der Waals surface area contributed by atoms with Crippen molar-refractivity contribution in [3.63, 3.8) is 0 Å². The Balaban J connectivity index is 1.43. The number of anilines is 1. The Kier molecular flexibility index (Phi) is 7.85. The van der Waals surface area contributed by atoms with Gasteiger partial charge in [-0.15, -0.1) is 0 Å². The van der Waals surface area contributed by atoms with E-state index in [0.29, 0.717) is 35.8 Å². The number of nitrogens with one attached hydrogen (secondary N) is 1. The van der Waals surface area contributed by atoms with Crippen molar-refractivity contribution in [2.75, 3.05) is 18.7 Å². The van der Waals surface area contributed by atoms with Crippen LogP contribution in [0.5, 0.6) is 5.75 Å². The van der Waals surface area contributed by atoms with Crippen LogP contribution in [0.2, 0.25) is 0 Å². The zero-order valence-corrected chi connectivity index (χ0v) is 20.6. The zero-order chi connectivity index (χ0) is 24.1. The lowest BCUT2D eigenvalue weighted by Crippen LogP contribution is -2.38. The van der Waals surface area contributed by atoms with Crippen molar-refractivity contribution >= 4 is 24.4 Å². The van der Waals surface area contributed by atoms with E-state index in [4.69, 9.17) is 24.5 Å². The molecule has 2 aromatic heterocycles. The summed E-state index contributed by atoms with van der Waals surface area (Å²) in [5, 5.41) is 3.09. The van der Waals surface area contributed by atoms with E-state index in [1.165, 1.54) is 0 Å². The quantitative estimate of drug-likeness (QED) is 0.387. The molecule has 34 heavy (non-hydrogen) atoms. The number of pyridine rings is 1. The topological polar surface area (TPSA) is 123 Å². The first kappa shape index (κ1) is 24.6. The van der Waals surface area contributed by atoms with E-state index >= 15 is 0 Å². The molecule has 0 bridgehead atoms. The Morgan fingerprint density at radius 3 is 2.79 bits per heavy atom. The van der Waals surface area contributed by atoms with E-state index in [0.717, 1.165) is 6.42 Å². The molecule has 1 aromatic carbocycles. The maximum Gasteiger partial charge on any atom is 0.342 e. The minimum Gasteiger partial charge on any atom is -0.431 e. The summed E-state index contributed by atoms with van der Waals surface area (Å²) in [6, 6.07) is 10.4. The monoisotopic (exact) mass is 489 g/mol. The van der Waals surface area contributed by atoms with Crippen molar-refractivity contribution in [1.82, 2.24) is 19.6 Å². The van der Waals surface area contributed by atoms with Crippen LogP contribution >= 0.6 is 7.52 Å². The van der Waals surface area contributed by atoms with Crippen LogP contribution in [0, 0.1) is 0 Å². The number of nitrogen functional groups attached to an aromatic ring is 1. The van der Waals surface area contributed by atoms with Crippen LogP contribution in [0.4, 0.5) is 5.69 Å². The molecule has 5 atom stereocenters. The van der Waals surface area contributed by atoms with Gasteiger partial charge in [0, 0.05) is 6.20 Å². The lowest BCUT2D eigenvalue weighted by molar-refractivity contribution is -0.0738. The Morgan fingerprint density at radius 1 is 1.26 bits per heavy atom. The molecule has 10 nitrogen and oxygen atoms in total. The number of hydrogen-bond acceptors (Lipinski definition) is 8. The number of para-hydroxylation sites is 1. The number of aromatic nitrogens is 3. The van der Waals surface area contributed by atoms with Crippen LogP contribution in [0.1, 0.15) is 27.2 Å². The molecule has 11 heteroatoms. The lowest BCUT2D eigenvalue weighted by atomic mass is 10.3. The number of nitrogens with zero attached hydrogens (tertiary/aromatic N) is 3. The van der Waals surface area contributed by atoms with Crippen LogP contribution in [0.3, 0.4) is 0 Å². The van der Waals surface area contributed by atoms with Gasteiger partial charge in [0.25, 0.3) is 0 Å². The molecular formula is C23H32N5O5P. The normalized spacial score (nSPS) is 21.9. The van der Waals surface area contributed by atoms with Crippen LogP contribution in [0.25, 0.3) is 11.2 Å². The first-order chi connectivity index (χ1) is 16.4. The fourth-order valence-corrected chi connectivity index (χ4v) is 5.57. The molecule has 3 heterocycles. The summed E-state index contributed by atoms with van der Waals surface area (Å²) in [6.45, 7) is 6.77. The predicted octanol–water partition coefficient (Wildman–Crippen LogP) is 3.78. The predicted molar refractivity (Wildman–Crippen MR) is 130 cm³/mol. The highest BCUT2D eigenvalue weighted by Gasteiger charge is 2.36. The molecule has 1 saturated heterocycles. The Hall–Kier alpha value is -2.49. The van der Waals surface area contributed by atoms with Crippen molar-refractivity contribution in [1.29, 1.82) is 0 Å². The molecule has 0 saturated carbocycles. The molecule has 1 aliphatic rings. The van der Waals surface area contributed by atoms with Gasteiger partial charge in [-0.3, -0.25) is 4.57 Å². The Labute approximate surface area is 199 Å². The van der Waals surface area contributed by atoms with E-state index in [2.05, 4.69) is 15.1 Å². The van der Waals surface area contributed by atoms with Crippen LogP contribution in [-0.4, -0.2) is 52.0 Å². The number of rotatable bonds is 11. The second kappa shape index (κ2) is 10.8. The second-order valence-corrected chi connectivity index (χ2v) is 10.5. The summed E-state index contributed by atoms with van der Waals surface area (Å²) < 4.78 is 39.2. The van der Waals surface area contributed by atoms with Gasteiger partial charge < -0.3 is 29.0 Å². The van der Waals surface area contributed by atoms with Crippen molar-refractivity contribution in [2.24, 2.45) is 0 Å². The summed E-state index contributed by atoms with van der Waals surface area (Å²) in [7, 11) is -3.47. The lowest BCUT2D eigenvalue weighted by Gasteiger charge is -2.27. The third kappa shape index (κ3) is 5.95. The summed E-state index contributed by atoms with van der Waals surface area (Å²) >= 11 is 0. The van der Waals surface area contributed by atoms with Gasteiger partial charge in [0.15, 0.2) is 11.9 Å². The van der Waals surface area contributed by atoms with Crippen molar-refractivity contribution in [2.45, 2.75) is 58.3 Å². The van der Waals surface area contributed by atoms with E-state index in [9.17, 15) is 4.57 Å². The number of benzene rings is 1. The fraction of sp³-hybridized carbons (Fsp3) is 0.478. The highest BCUT2D eigenvalue weighted by atomic mass is 31.2. The number of fused-ring (bicyclic) bond motifs is 1. The molecule has 3 N–H and O–H groups in total. The summed E-state index contributed by atoms with van der Waals surface area (Å²) in [6.07, 6.45) is 3.26. The van der Waals surface area contributed by atoms with Crippen molar-refractivity contribution in [3.05, 3.63) is 48.9 Å². The molecule has 0 radical (unpaired) electrons. The molecule has 2 unspecified atom stereocenters. The number of nitrogens with two attached hydrogens (primary N) is 1.